The molecule has 4 nitrogen and oxygen atoms in total. The fourth-order valence-corrected chi connectivity index (χ4v) is 0.686. The molecule has 0 aromatic rings. The van der Waals surface area contributed by atoms with Crippen molar-refractivity contribution in [3.63, 3.8) is 0 Å². The molecule has 0 aliphatic rings. The van der Waals surface area contributed by atoms with Gasteiger partial charge in [-0.1, -0.05) is 6.92 Å². The van der Waals surface area contributed by atoms with Crippen LogP contribution in [0.5, 0.6) is 0 Å². The lowest BCUT2D eigenvalue weighted by Gasteiger charge is -2.09. The zero-order valence-corrected chi connectivity index (χ0v) is 6.49. The minimum absolute atomic E-state index is 0.210. The van der Waals surface area contributed by atoms with E-state index in [2.05, 4.69) is 0 Å². The van der Waals surface area contributed by atoms with Gasteiger partial charge in [-0.2, -0.15) is 0 Å². The van der Waals surface area contributed by atoms with Crippen LogP contribution in [-0.4, -0.2) is 24.6 Å². The number of carbonyl (C=O) groups is 1. The molecule has 63 valence electrons. The minimum atomic E-state index is -0.878. The lowest BCUT2D eigenvalue weighted by Crippen LogP contribution is -2.23. The van der Waals surface area contributed by atoms with Gasteiger partial charge in [0.05, 0.1) is 0 Å². The molecule has 2 unspecified atom stereocenters. The third-order valence-electron chi connectivity index (χ3n) is 1.57. The lowest BCUT2D eigenvalue weighted by atomic mass is 9.90. The molecule has 0 saturated carbocycles. The van der Waals surface area contributed by atoms with Gasteiger partial charge in [-0.15, -0.1) is 0 Å². The number of ketones is 1. The summed E-state index contributed by atoms with van der Waals surface area (Å²) in [5.74, 6) is -2.53. The van der Waals surface area contributed by atoms with Crippen molar-refractivity contribution in [2.24, 2.45) is 11.8 Å². The van der Waals surface area contributed by atoms with Crippen molar-refractivity contribution in [1.29, 1.82) is 0 Å². The number of hydrogen-bond donors (Lipinski definition) is 0. The van der Waals surface area contributed by atoms with Crippen LogP contribution in [0.15, 0.2) is 0 Å². The van der Waals surface area contributed by atoms with Crippen molar-refractivity contribution in [2.45, 2.75) is 13.3 Å². The summed E-state index contributed by atoms with van der Waals surface area (Å²) in [6, 6.07) is 0. The summed E-state index contributed by atoms with van der Waals surface area (Å²) in [6.45, 7) is 1.38. The van der Waals surface area contributed by atoms with Crippen molar-refractivity contribution in [3.05, 3.63) is 0 Å². The molecule has 0 N–H and O–H groups in total. The molecule has 0 amide bonds. The van der Waals surface area contributed by atoms with Gasteiger partial charge in [-0.3, -0.25) is 19.2 Å². The van der Waals surface area contributed by atoms with E-state index in [-0.39, 0.29) is 6.42 Å². The van der Waals surface area contributed by atoms with E-state index in [0.717, 1.165) is 6.29 Å². The molecule has 0 aliphatic heterocycles. The highest BCUT2D eigenvalue weighted by atomic mass is 16.2. The Hall–Kier alpha value is -1.32. The smallest absolute Gasteiger partial charge is 0.272 e. The van der Waals surface area contributed by atoms with E-state index < -0.39 is 17.6 Å². The van der Waals surface area contributed by atoms with Crippen LogP contribution in [0.4, 0.5) is 0 Å². The summed E-state index contributed by atoms with van der Waals surface area (Å²) < 4.78 is 0. The van der Waals surface area contributed by atoms with Crippen molar-refractivity contribution in [2.75, 3.05) is 0 Å². The van der Waals surface area contributed by atoms with Crippen LogP contribution in [-0.2, 0) is 19.2 Å². The number of hydrogen-bond acceptors (Lipinski definition) is 4. The molecule has 0 spiro atoms. The Labute approximate surface area is 69.9 Å². The predicted octanol–water partition coefficient (Wildman–Crippen LogP) is -0.473. The third kappa shape index (κ3) is 2.74. The molecule has 0 aromatic heterocycles. The largest absolute Gasteiger partial charge is 0.291 e. The highest BCUT2D eigenvalue weighted by molar-refractivity contribution is 6.26. The minimum Gasteiger partial charge on any atom is -0.291 e. The maximum Gasteiger partial charge on any atom is 0.272 e. The molecule has 0 rings (SSSR count). The summed E-state index contributed by atoms with van der Waals surface area (Å²) >= 11 is 0. The average molecular weight is 167 g/mol. The molecule has 2 atom stereocenters. The number of rotatable bonds is 6. The maximum absolute atomic E-state index is 10.7. The van der Waals surface area contributed by atoms with E-state index in [1.165, 1.54) is 19.5 Å². The lowest BCUT2D eigenvalue weighted by molar-refractivity contribution is -0.116. The van der Waals surface area contributed by atoms with Crippen LogP contribution >= 0.6 is 0 Å². The van der Waals surface area contributed by atoms with Gasteiger partial charge in [-0.25, -0.2) is 0 Å². The average Bonchev–Trinajstić information content (AvgIpc) is 2.11. The van der Waals surface area contributed by atoms with Gasteiger partial charge in [0.2, 0.25) is 12.1 Å². The van der Waals surface area contributed by atoms with Gasteiger partial charge in [-0.05, 0) is 0 Å². The topological polar surface area (TPSA) is 68.3 Å². The van der Waals surface area contributed by atoms with Crippen molar-refractivity contribution < 1.29 is 19.2 Å². The first kappa shape index (κ1) is 10.7. The summed E-state index contributed by atoms with van der Waals surface area (Å²) in [7, 11) is 0. The normalized spacial score (nSPS) is 14.4. The fraction of sp³-hybridized carbons (Fsp3) is 0.500. The molecular weight excluding hydrogens is 160 g/mol. The first-order valence-electron chi connectivity index (χ1n) is 3.32. The quantitative estimate of drug-likeness (QED) is 0.501. The molecular formula is C8H7O4. The van der Waals surface area contributed by atoms with Crippen molar-refractivity contribution in [1.82, 2.24) is 0 Å². The Morgan fingerprint density at radius 2 is 1.92 bits per heavy atom. The first-order chi connectivity index (χ1) is 5.67. The Bertz CT molecular complexity index is 197. The third-order valence-corrected chi connectivity index (χ3v) is 1.57. The Balaban J connectivity index is 4.28. The second kappa shape index (κ2) is 5.35. The van der Waals surface area contributed by atoms with E-state index in [9.17, 15) is 19.2 Å². The van der Waals surface area contributed by atoms with Crippen molar-refractivity contribution in [3.8, 4) is 0 Å². The molecule has 0 heterocycles. The van der Waals surface area contributed by atoms with E-state index in [1.54, 1.807) is 0 Å². The van der Waals surface area contributed by atoms with E-state index in [0.29, 0.717) is 0 Å². The molecule has 0 aromatic carbocycles. The highest BCUT2D eigenvalue weighted by Crippen LogP contribution is 2.12. The standard InChI is InChI=1S/C8H7O4/c1-6(8(12)5-11)7(4-10)2-3-9/h6-7H,2H2,1H3. The number of carbonyl (C=O) groups excluding carboxylic acids is 4. The molecule has 0 aliphatic carbocycles. The van der Waals surface area contributed by atoms with Gasteiger partial charge in [0.15, 0.2) is 6.29 Å². The van der Waals surface area contributed by atoms with E-state index in [1.807, 2.05) is 0 Å². The van der Waals surface area contributed by atoms with Gasteiger partial charge >= 0.3 is 0 Å². The Morgan fingerprint density at radius 1 is 1.33 bits per heavy atom. The SMILES string of the molecule is CC(C(=O)[C]=O)C([C]=O)C[C]=O. The monoisotopic (exact) mass is 167 g/mol. The maximum atomic E-state index is 10.7. The van der Waals surface area contributed by atoms with Gasteiger partial charge < -0.3 is 0 Å². The molecule has 0 fully saturated rings. The second-order valence-corrected chi connectivity index (χ2v) is 2.33. The highest BCUT2D eigenvalue weighted by Gasteiger charge is 2.24. The zero-order chi connectivity index (χ0) is 9.56. The first-order valence-corrected chi connectivity index (χ1v) is 3.32. The van der Waals surface area contributed by atoms with Crippen LogP contribution in [0, 0.1) is 11.8 Å². The molecule has 0 saturated heterocycles. The summed E-state index contributed by atoms with van der Waals surface area (Å²) in [5.41, 5.74) is 0. The summed E-state index contributed by atoms with van der Waals surface area (Å²) in [6.07, 6.45) is 3.92. The fourth-order valence-electron chi connectivity index (χ4n) is 0.686. The zero-order valence-electron chi connectivity index (χ0n) is 6.49. The van der Waals surface area contributed by atoms with Crippen molar-refractivity contribution >= 4 is 24.6 Å². The van der Waals surface area contributed by atoms with Gasteiger partial charge in [0, 0.05) is 18.3 Å². The number of Topliss-reactive ketones (excluding diaryl/α,β-unsaturated/α-hetero) is 1. The Kier molecular flexibility index (Phi) is 4.76. The van der Waals surface area contributed by atoms with E-state index >= 15 is 0 Å². The molecule has 3 radical (unpaired) electrons. The summed E-state index contributed by atoms with van der Waals surface area (Å²) in [5, 5.41) is 0. The van der Waals surface area contributed by atoms with Crippen LogP contribution in [0.3, 0.4) is 0 Å². The Morgan fingerprint density at radius 3 is 2.25 bits per heavy atom. The predicted molar refractivity (Wildman–Crippen MR) is 39.4 cm³/mol. The second-order valence-electron chi connectivity index (χ2n) is 2.33. The van der Waals surface area contributed by atoms with Crippen LogP contribution in [0.1, 0.15) is 13.3 Å². The van der Waals surface area contributed by atoms with Crippen LogP contribution in [0.25, 0.3) is 0 Å². The molecule has 0 bridgehead atoms. The summed E-state index contributed by atoms with van der Waals surface area (Å²) in [4.78, 5) is 40.6. The molecule has 12 heavy (non-hydrogen) atoms. The van der Waals surface area contributed by atoms with Gasteiger partial charge in [0.1, 0.15) is 0 Å². The van der Waals surface area contributed by atoms with Gasteiger partial charge in [0.25, 0.3) is 6.29 Å². The molecule has 4 heteroatoms. The van der Waals surface area contributed by atoms with Crippen LogP contribution in [0.2, 0.25) is 0 Å². The van der Waals surface area contributed by atoms with E-state index in [4.69, 9.17) is 0 Å². The van der Waals surface area contributed by atoms with Crippen LogP contribution < -0.4 is 0 Å².